The van der Waals surface area contributed by atoms with Crippen LogP contribution < -0.4 is 14.8 Å². The number of nitrogens with zero attached hydrogens (tertiary/aromatic N) is 1. The minimum Gasteiger partial charge on any atom is -0.495 e. The number of hydrogen-bond donors (Lipinski definition) is 1. The van der Waals surface area contributed by atoms with Gasteiger partial charge in [0.05, 0.1) is 24.3 Å². The van der Waals surface area contributed by atoms with E-state index in [0.717, 1.165) is 10.7 Å². The van der Waals surface area contributed by atoms with Crippen LogP contribution in [-0.4, -0.2) is 46.4 Å². The molecule has 2 aromatic carbocycles. The first-order chi connectivity index (χ1) is 13.6. The number of nitrogens with one attached hydrogen (secondary N) is 1. The summed E-state index contributed by atoms with van der Waals surface area (Å²) in [5.74, 6) is 1.24. The highest BCUT2D eigenvalue weighted by Crippen LogP contribution is 2.29. The molecule has 7 nitrogen and oxygen atoms in total. The van der Waals surface area contributed by atoms with Gasteiger partial charge in [0.2, 0.25) is 10.0 Å². The first kappa shape index (κ1) is 22.7. The van der Waals surface area contributed by atoms with Gasteiger partial charge >= 0.3 is 0 Å². The molecule has 0 aliphatic rings. The molecule has 0 radical (unpaired) electrons. The Kier molecular flexibility index (Phi) is 7.64. The van der Waals surface area contributed by atoms with Gasteiger partial charge in [-0.05, 0) is 54.8 Å². The van der Waals surface area contributed by atoms with Crippen molar-refractivity contribution in [3.8, 4) is 11.5 Å². The van der Waals surface area contributed by atoms with E-state index in [9.17, 15) is 13.2 Å². The summed E-state index contributed by atoms with van der Waals surface area (Å²) in [5.41, 5.74) is 0.696. The highest BCUT2D eigenvalue weighted by Gasteiger charge is 2.20. The second-order valence-corrected chi connectivity index (χ2v) is 9.31. The molecule has 2 aromatic rings. The Hall–Kier alpha value is -2.58. The monoisotopic (exact) mass is 420 g/mol. The third-order valence-corrected chi connectivity index (χ3v) is 6.09. The van der Waals surface area contributed by atoms with E-state index in [1.807, 2.05) is 0 Å². The molecule has 0 saturated carbocycles. The van der Waals surface area contributed by atoms with Gasteiger partial charge in [-0.2, -0.15) is 0 Å². The van der Waals surface area contributed by atoms with Crippen molar-refractivity contribution in [2.45, 2.75) is 25.2 Å². The van der Waals surface area contributed by atoms with Crippen LogP contribution in [0.5, 0.6) is 11.5 Å². The van der Waals surface area contributed by atoms with Gasteiger partial charge in [-0.3, -0.25) is 4.79 Å². The van der Waals surface area contributed by atoms with E-state index in [-0.39, 0.29) is 16.5 Å². The number of anilines is 1. The summed E-state index contributed by atoms with van der Waals surface area (Å²) in [6.45, 7) is 4.88. The molecule has 1 N–H and O–H groups in total. The molecule has 29 heavy (non-hydrogen) atoms. The number of sulfonamides is 1. The summed E-state index contributed by atoms with van der Waals surface area (Å²) in [5, 5.41) is 2.72. The molecular weight excluding hydrogens is 392 g/mol. The molecule has 8 heteroatoms. The topological polar surface area (TPSA) is 84.9 Å². The predicted molar refractivity (Wildman–Crippen MR) is 113 cm³/mol. The van der Waals surface area contributed by atoms with Gasteiger partial charge in [0.25, 0.3) is 5.91 Å². The molecule has 0 unspecified atom stereocenters. The second kappa shape index (κ2) is 9.76. The molecule has 0 aliphatic carbocycles. The number of carbonyl (C=O) groups excluding carboxylic acids is 1. The van der Waals surface area contributed by atoms with Crippen LogP contribution in [-0.2, 0) is 10.0 Å². The first-order valence-corrected chi connectivity index (χ1v) is 10.7. The number of carbonyl (C=O) groups is 1. The zero-order valence-corrected chi connectivity index (χ0v) is 18.2. The summed E-state index contributed by atoms with van der Waals surface area (Å²) >= 11 is 0. The van der Waals surface area contributed by atoms with E-state index in [0.29, 0.717) is 29.6 Å². The fourth-order valence-electron chi connectivity index (χ4n) is 2.47. The van der Waals surface area contributed by atoms with Crippen molar-refractivity contribution in [3.63, 3.8) is 0 Å². The van der Waals surface area contributed by atoms with Crippen molar-refractivity contribution in [2.75, 3.05) is 33.1 Å². The van der Waals surface area contributed by atoms with E-state index in [1.165, 1.54) is 39.4 Å². The lowest BCUT2D eigenvalue weighted by Crippen LogP contribution is -2.22. The lowest BCUT2D eigenvalue weighted by atomic mass is 10.1. The molecule has 1 amide bonds. The molecule has 0 aliphatic heterocycles. The number of amides is 1. The summed E-state index contributed by atoms with van der Waals surface area (Å²) in [4.78, 5) is 12.7. The number of benzene rings is 2. The van der Waals surface area contributed by atoms with E-state index >= 15 is 0 Å². The number of rotatable bonds is 9. The van der Waals surface area contributed by atoms with Gasteiger partial charge < -0.3 is 14.8 Å². The molecule has 0 saturated heterocycles. The van der Waals surface area contributed by atoms with Gasteiger partial charge in [-0.25, -0.2) is 12.7 Å². The molecule has 0 heterocycles. The molecular formula is C21H28N2O5S. The Labute approximate surface area is 172 Å². The summed E-state index contributed by atoms with van der Waals surface area (Å²) in [6.07, 6.45) is 0.953. The van der Waals surface area contributed by atoms with Crippen molar-refractivity contribution in [1.82, 2.24) is 4.31 Å². The smallest absolute Gasteiger partial charge is 0.255 e. The maximum absolute atomic E-state index is 12.6. The predicted octanol–water partition coefficient (Wildman–Crippen LogP) is 3.62. The second-order valence-electron chi connectivity index (χ2n) is 7.16. The average Bonchev–Trinajstić information content (AvgIpc) is 2.68. The summed E-state index contributed by atoms with van der Waals surface area (Å²) < 4.78 is 36.7. The molecule has 0 fully saturated rings. The lowest BCUT2D eigenvalue weighted by Gasteiger charge is -2.15. The zero-order chi connectivity index (χ0) is 21.6. The Balaban J connectivity index is 2.17. The number of ether oxygens (including phenoxy) is 2. The van der Waals surface area contributed by atoms with Crippen LogP contribution in [0, 0.1) is 5.92 Å². The van der Waals surface area contributed by atoms with E-state index in [2.05, 4.69) is 19.2 Å². The first-order valence-electron chi connectivity index (χ1n) is 9.30. The van der Waals surface area contributed by atoms with Gasteiger partial charge in [0.15, 0.2) is 0 Å². The maximum atomic E-state index is 12.6. The minimum atomic E-state index is -3.64. The standard InChI is InChI=1S/C21H28N2O5S/c1-15(2)12-13-28-17-8-6-16(7-9-17)21(24)22-19-14-18(10-11-20(19)27-5)29(25,26)23(3)4/h6-11,14-15H,12-13H2,1-5H3,(H,22,24). The van der Waals surface area contributed by atoms with Crippen LogP contribution in [0.15, 0.2) is 47.4 Å². The van der Waals surface area contributed by atoms with E-state index in [1.54, 1.807) is 24.3 Å². The van der Waals surface area contributed by atoms with Gasteiger partial charge in [0, 0.05) is 19.7 Å². The maximum Gasteiger partial charge on any atom is 0.255 e. The molecule has 0 aromatic heterocycles. The van der Waals surface area contributed by atoms with Crippen molar-refractivity contribution >= 4 is 21.6 Å². The Morgan fingerprint density at radius 1 is 1.10 bits per heavy atom. The summed E-state index contributed by atoms with van der Waals surface area (Å²) in [7, 11) is 0.711. The lowest BCUT2D eigenvalue weighted by molar-refractivity contribution is 0.102. The van der Waals surface area contributed by atoms with Crippen molar-refractivity contribution in [1.29, 1.82) is 0 Å². The highest BCUT2D eigenvalue weighted by molar-refractivity contribution is 7.89. The Morgan fingerprint density at radius 2 is 1.76 bits per heavy atom. The van der Waals surface area contributed by atoms with Gasteiger partial charge in [-0.1, -0.05) is 13.8 Å². The fourth-order valence-corrected chi connectivity index (χ4v) is 3.39. The molecule has 2 rings (SSSR count). The number of hydrogen-bond acceptors (Lipinski definition) is 5. The van der Waals surface area contributed by atoms with Gasteiger partial charge in [0.1, 0.15) is 11.5 Å². The van der Waals surface area contributed by atoms with Gasteiger partial charge in [-0.15, -0.1) is 0 Å². The fraction of sp³-hybridized carbons (Fsp3) is 0.381. The molecule has 0 atom stereocenters. The number of methoxy groups -OCH3 is 1. The molecule has 0 spiro atoms. The third-order valence-electron chi connectivity index (χ3n) is 4.28. The Bertz CT molecular complexity index is 938. The van der Waals surface area contributed by atoms with Crippen molar-refractivity contribution in [2.24, 2.45) is 5.92 Å². The van der Waals surface area contributed by atoms with Crippen molar-refractivity contribution in [3.05, 3.63) is 48.0 Å². The quantitative estimate of drug-likeness (QED) is 0.670. The highest BCUT2D eigenvalue weighted by atomic mass is 32.2. The zero-order valence-electron chi connectivity index (χ0n) is 17.4. The largest absolute Gasteiger partial charge is 0.495 e. The van der Waals surface area contributed by atoms with Crippen LogP contribution in [0.3, 0.4) is 0 Å². The molecule has 0 bridgehead atoms. The van der Waals surface area contributed by atoms with E-state index in [4.69, 9.17) is 9.47 Å². The average molecular weight is 421 g/mol. The Morgan fingerprint density at radius 3 is 2.31 bits per heavy atom. The van der Waals surface area contributed by atoms with Crippen LogP contribution in [0.25, 0.3) is 0 Å². The van der Waals surface area contributed by atoms with E-state index < -0.39 is 10.0 Å². The van der Waals surface area contributed by atoms with Crippen LogP contribution >= 0.6 is 0 Å². The van der Waals surface area contributed by atoms with Crippen LogP contribution in [0.2, 0.25) is 0 Å². The minimum absolute atomic E-state index is 0.0625. The normalized spacial score (nSPS) is 11.6. The van der Waals surface area contributed by atoms with Crippen LogP contribution in [0.4, 0.5) is 5.69 Å². The SMILES string of the molecule is COc1ccc(S(=O)(=O)N(C)C)cc1NC(=O)c1ccc(OCCC(C)C)cc1. The molecule has 158 valence electrons. The van der Waals surface area contributed by atoms with Crippen molar-refractivity contribution < 1.29 is 22.7 Å². The van der Waals surface area contributed by atoms with Crippen LogP contribution in [0.1, 0.15) is 30.6 Å². The third kappa shape index (κ3) is 5.95. The summed E-state index contributed by atoms with van der Waals surface area (Å²) in [6, 6.07) is 11.1.